The highest BCUT2D eigenvalue weighted by Crippen LogP contribution is 2.28. The van der Waals surface area contributed by atoms with E-state index in [0.717, 1.165) is 5.56 Å². The number of allylic oxidation sites excluding steroid dienone is 1. The number of sulfonamides is 1. The van der Waals surface area contributed by atoms with E-state index >= 15 is 0 Å². The lowest BCUT2D eigenvalue weighted by Crippen LogP contribution is -2.33. The number of nitrogens with zero attached hydrogens (tertiary/aromatic N) is 1. The highest BCUT2D eigenvalue weighted by atomic mass is 32.2. The van der Waals surface area contributed by atoms with Gasteiger partial charge in [-0.2, -0.15) is 4.31 Å². The van der Waals surface area contributed by atoms with Crippen LogP contribution in [0.5, 0.6) is 0 Å². The van der Waals surface area contributed by atoms with Crippen LogP contribution in [0.4, 0.5) is 0 Å². The fraction of sp³-hybridized carbons (Fsp3) is 0.429. The summed E-state index contributed by atoms with van der Waals surface area (Å²) in [5, 5.41) is 0. The fourth-order valence-corrected chi connectivity index (χ4v) is 3.94. The zero-order valence-electron chi connectivity index (χ0n) is 10.9. The first-order valence-corrected chi connectivity index (χ1v) is 8.05. The first-order chi connectivity index (χ1) is 9.04. The second-order valence-corrected chi connectivity index (χ2v) is 6.98. The van der Waals surface area contributed by atoms with Crippen molar-refractivity contribution in [1.29, 1.82) is 0 Å². The van der Waals surface area contributed by atoms with Crippen molar-refractivity contribution in [3.63, 3.8) is 0 Å². The van der Waals surface area contributed by atoms with Crippen molar-refractivity contribution < 1.29 is 8.42 Å². The van der Waals surface area contributed by atoms with Crippen LogP contribution in [0.1, 0.15) is 17.9 Å². The topological polar surface area (TPSA) is 63.4 Å². The minimum atomic E-state index is -3.21. The van der Waals surface area contributed by atoms with Gasteiger partial charge in [0, 0.05) is 25.0 Å². The molecule has 104 valence electrons. The summed E-state index contributed by atoms with van der Waals surface area (Å²) in [6.07, 6.45) is 2.10. The summed E-state index contributed by atoms with van der Waals surface area (Å²) in [7, 11) is -3.21. The van der Waals surface area contributed by atoms with Gasteiger partial charge < -0.3 is 5.73 Å². The molecule has 0 aliphatic carbocycles. The molecule has 0 radical (unpaired) electrons. The standard InChI is InChI=1S/C14H20N2O2S/c1-2-3-9-19(17,18)16-10-13(14(15)11-16)12-7-5-4-6-8-12/h2,4-8,13-14H,1,3,9-11,15H2/t13-,14+/m0/s1. The van der Waals surface area contributed by atoms with E-state index in [1.54, 1.807) is 6.08 Å². The zero-order valence-corrected chi connectivity index (χ0v) is 11.7. The Hall–Kier alpha value is -1.17. The predicted octanol–water partition coefficient (Wildman–Crippen LogP) is 1.32. The van der Waals surface area contributed by atoms with Gasteiger partial charge in [-0.05, 0) is 12.0 Å². The molecule has 1 heterocycles. The van der Waals surface area contributed by atoms with E-state index < -0.39 is 10.0 Å². The summed E-state index contributed by atoms with van der Waals surface area (Å²) >= 11 is 0. The van der Waals surface area contributed by atoms with Crippen LogP contribution in [0.2, 0.25) is 0 Å². The van der Waals surface area contributed by atoms with E-state index in [9.17, 15) is 8.42 Å². The van der Waals surface area contributed by atoms with Crippen LogP contribution in [-0.4, -0.2) is 37.6 Å². The molecule has 0 saturated carbocycles. The number of hydrogen-bond acceptors (Lipinski definition) is 3. The summed E-state index contributed by atoms with van der Waals surface area (Å²) in [6.45, 7) is 4.44. The molecular weight excluding hydrogens is 260 g/mol. The summed E-state index contributed by atoms with van der Waals surface area (Å²) < 4.78 is 25.8. The van der Waals surface area contributed by atoms with E-state index in [2.05, 4.69) is 6.58 Å². The third-order valence-corrected chi connectivity index (χ3v) is 5.37. The molecule has 2 atom stereocenters. The smallest absolute Gasteiger partial charge is 0.214 e. The average Bonchev–Trinajstić information content (AvgIpc) is 2.80. The summed E-state index contributed by atoms with van der Waals surface area (Å²) in [5.74, 6) is 0.199. The molecule has 1 saturated heterocycles. The van der Waals surface area contributed by atoms with Crippen molar-refractivity contribution >= 4 is 10.0 Å². The van der Waals surface area contributed by atoms with Crippen molar-refractivity contribution in [1.82, 2.24) is 4.31 Å². The fourth-order valence-electron chi connectivity index (χ4n) is 2.43. The van der Waals surface area contributed by atoms with Gasteiger partial charge in [0.25, 0.3) is 0 Å². The van der Waals surface area contributed by atoms with Gasteiger partial charge in [0.15, 0.2) is 0 Å². The van der Waals surface area contributed by atoms with E-state index in [-0.39, 0.29) is 17.7 Å². The molecule has 0 spiro atoms. The monoisotopic (exact) mass is 280 g/mol. The van der Waals surface area contributed by atoms with Crippen LogP contribution in [-0.2, 0) is 10.0 Å². The summed E-state index contributed by atoms with van der Waals surface area (Å²) in [6, 6.07) is 9.73. The molecule has 1 aliphatic heterocycles. The predicted molar refractivity (Wildman–Crippen MR) is 77.3 cm³/mol. The van der Waals surface area contributed by atoms with Crippen molar-refractivity contribution in [2.45, 2.75) is 18.4 Å². The van der Waals surface area contributed by atoms with Gasteiger partial charge in [-0.1, -0.05) is 36.4 Å². The number of benzene rings is 1. The lowest BCUT2D eigenvalue weighted by atomic mass is 9.95. The van der Waals surface area contributed by atoms with Crippen molar-refractivity contribution in [3.05, 3.63) is 48.6 Å². The molecular formula is C14H20N2O2S. The van der Waals surface area contributed by atoms with E-state index in [1.165, 1.54) is 4.31 Å². The minimum Gasteiger partial charge on any atom is -0.326 e. The molecule has 4 nitrogen and oxygen atoms in total. The van der Waals surface area contributed by atoms with Gasteiger partial charge in [0.05, 0.1) is 5.75 Å². The lowest BCUT2D eigenvalue weighted by molar-refractivity contribution is 0.470. The van der Waals surface area contributed by atoms with Crippen LogP contribution in [0.15, 0.2) is 43.0 Å². The molecule has 5 heteroatoms. The van der Waals surface area contributed by atoms with Gasteiger partial charge in [0.1, 0.15) is 0 Å². The molecule has 1 fully saturated rings. The summed E-state index contributed by atoms with van der Waals surface area (Å²) in [5.41, 5.74) is 7.21. The molecule has 1 aromatic carbocycles. The maximum atomic E-state index is 12.1. The third-order valence-electron chi connectivity index (χ3n) is 3.53. The van der Waals surface area contributed by atoms with Crippen molar-refractivity contribution in [3.8, 4) is 0 Å². The van der Waals surface area contributed by atoms with E-state index in [0.29, 0.717) is 19.5 Å². The Labute approximate surface area is 115 Å². The van der Waals surface area contributed by atoms with Crippen LogP contribution < -0.4 is 5.73 Å². The second-order valence-electron chi connectivity index (χ2n) is 4.89. The van der Waals surface area contributed by atoms with E-state index in [1.807, 2.05) is 30.3 Å². The third kappa shape index (κ3) is 3.23. The van der Waals surface area contributed by atoms with Crippen LogP contribution in [0.25, 0.3) is 0 Å². The Morgan fingerprint density at radius 3 is 2.63 bits per heavy atom. The number of hydrogen-bond donors (Lipinski definition) is 1. The quantitative estimate of drug-likeness (QED) is 0.827. The number of nitrogens with two attached hydrogens (primary N) is 1. The molecule has 1 aliphatic rings. The van der Waals surface area contributed by atoms with Gasteiger partial charge in [-0.25, -0.2) is 8.42 Å². The molecule has 2 rings (SSSR count). The summed E-state index contributed by atoms with van der Waals surface area (Å²) in [4.78, 5) is 0. The molecule has 19 heavy (non-hydrogen) atoms. The SMILES string of the molecule is C=CCCS(=O)(=O)N1C[C@@H](N)[C@H](c2ccccc2)C1. The van der Waals surface area contributed by atoms with Crippen LogP contribution in [0.3, 0.4) is 0 Å². The van der Waals surface area contributed by atoms with Crippen molar-refractivity contribution in [2.75, 3.05) is 18.8 Å². The maximum absolute atomic E-state index is 12.1. The van der Waals surface area contributed by atoms with Crippen molar-refractivity contribution in [2.24, 2.45) is 5.73 Å². The van der Waals surface area contributed by atoms with Crippen LogP contribution >= 0.6 is 0 Å². The van der Waals surface area contributed by atoms with Gasteiger partial charge in [-0.15, -0.1) is 6.58 Å². The molecule has 2 N–H and O–H groups in total. The normalized spacial score (nSPS) is 24.5. The number of rotatable bonds is 5. The Bertz CT molecular complexity index is 528. The Kier molecular flexibility index (Phi) is 4.39. The van der Waals surface area contributed by atoms with Gasteiger partial charge in [-0.3, -0.25) is 0 Å². The Balaban J connectivity index is 2.11. The second kappa shape index (κ2) is 5.86. The molecule has 0 unspecified atom stereocenters. The molecule has 1 aromatic rings. The molecule has 0 amide bonds. The average molecular weight is 280 g/mol. The first kappa shape index (κ1) is 14.2. The van der Waals surface area contributed by atoms with Gasteiger partial charge >= 0.3 is 0 Å². The molecule has 0 bridgehead atoms. The first-order valence-electron chi connectivity index (χ1n) is 6.44. The zero-order chi connectivity index (χ0) is 13.9. The lowest BCUT2D eigenvalue weighted by Gasteiger charge is -2.16. The van der Waals surface area contributed by atoms with Gasteiger partial charge in [0.2, 0.25) is 10.0 Å². The Morgan fingerprint density at radius 2 is 2.00 bits per heavy atom. The highest BCUT2D eigenvalue weighted by molar-refractivity contribution is 7.89. The largest absolute Gasteiger partial charge is 0.326 e. The molecule has 0 aromatic heterocycles. The minimum absolute atomic E-state index is 0.0831. The highest BCUT2D eigenvalue weighted by Gasteiger charge is 2.36. The Morgan fingerprint density at radius 1 is 1.32 bits per heavy atom. The van der Waals surface area contributed by atoms with Crippen LogP contribution in [0, 0.1) is 0 Å². The maximum Gasteiger partial charge on any atom is 0.214 e. The van der Waals surface area contributed by atoms with E-state index in [4.69, 9.17) is 5.73 Å².